The highest BCUT2D eigenvalue weighted by Gasteiger charge is 2.25. The topological polar surface area (TPSA) is 57.7 Å². The first-order chi connectivity index (χ1) is 15.3. The number of carbonyl (C=O) groups excluding carboxylic acids is 1. The van der Waals surface area contributed by atoms with Crippen LogP contribution in [0, 0.1) is 0 Å². The lowest BCUT2D eigenvalue weighted by Crippen LogP contribution is -2.48. The monoisotopic (exact) mass is 478 g/mol. The Morgan fingerprint density at radius 1 is 1.28 bits per heavy atom. The normalized spacial score (nSPS) is 16.1. The van der Waals surface area contributed by atoms with Crippen molar-refractivity contribution < 1.29 is 9.53 Å². The van der Waals surface area contributed by atoms with E-state index in [0.717, 1.165) is 54.6 Å². The van der Waals surface area contributed by atoms with Gasteiger partial charge in [-0.15, -0.1) is 0 Å². The summed E-state index contributed by atoms with van der Waals surface area (Å²) in [5.74, 6) is 0. The molecule has 1 fully saturated rings. The van der Waals surface area contributed by atoms with E-state index in [0.29, 0.717) is 16.7 Å². The maximum absolute atomic E-state index is 12.8. The molecule has 0 bridgehead atoms. The fraction of sp³-hybridized carbons (Fsp3) is 0.500. The van der Waals surface area contributed by atoms with E-state index >= 15 is 0 Å². The van der Waals surface area contributed by atoms with Gasteiger partial charge in [-0.3, -0.25) is 4.98 Å². The summed E-state index contributed by atoms with van der Waals surface area (Å²) in [6, 6.07) is 5.78. The largest absolute Gasteiger partial charge is 0.384 e. The second-order valence-electron chi connectivity index (χ2n) is 8.47. The zero-order chi connectivity index (χ0) is 23.3. The maximum atomic E-state index is 12.8. The summed E-state index contributed by atoms with van der Waals surface area (Å²) in [7, 11) is 5.65. The minimum Gasteiger partial charge on any atom is -0.384 e. The first kappa shape index (κ1) is 24.8. The summed E-state index contributed by atoms with van der Waals surface area (Å²) in [5, 5.41) is 3.97. The van der Waals surface area contributed by atoms with Crippen molar-refractivity contribution in [2.24, 2.45) is 0 Å². The number of rotatable bonds is 7. The average Bonchev–Trinajstić information content (AvgIpc) is 2.79. The Morgan fingerprint density at radius 2 is 2.00 bits per heavy atom. The SMILES string of the molecule is COCCc1cncc(-c2ccc(C(C)NC(=O)N(C)C3CCN(C)CC3)c(Cl)c2Cl)c1. The number of piperidine rings is 1. The Morgan fingerprint density at radius 3 is 2.69 bits per heavy atom. The van der Waals surface area contributed by atoms with Gasteiger partial charge in [-0.25, -0.2) is 4.79 Å². The average molecular weight is 479 g/mol. The number of halogens is 2. The van der Waals surface area contributed by atoms with Gasteiger partial charge in [-0.2, -0.15) is 0 Å². The zero-order valence-corrected chi connectivity index (χ0v) is 20.7. The number of hydrogen-bond donors (Lipinski definition) is 1. The number of benzene rings is 1. The number of aromatic nitrogens is 1. The van der Waals surface area contributed by atoms with Crippen molar-refractivity contribution >= 4 is 29.2 Å². The quantitative estimate of drug-likeness (QED) is 0.605. The molecule has 8 heteroatoms. The van der Waals surface area contributed by atoms with Crippen molar-refractivity contribution in [1.29, 1.82) is 0 Å². The molecule has 1 aromatic heterocycles. The van der Waals surface area contributed by atoms with Gasteiger partial charge in [0.2, 0.25) is 0 Å². The van der Waals surface area contributed by atoms with Crippen molar-refractivity contribution in [2.75, 3.05) is 40.9 Å². The highest BCUT2D eigenvalue weighted by atomic mass is 35.5. The fourth-order valence-electron chi connectivity index (χ4n) is 4.03. The molecule has 1 saturated heterocycles. The molecule has 1 aliphatic rings. The molecule has 0 radical (unpaired) electrons. The molecule has 1 atom stereocenters. The summed E-state index contributed by atoms with van der Waals surface area (Å²) < 4.78 is 5.15. The minimum absolute atomic E-state index is 0.0987. The number of ether oxygens (including phenoxy) is 1. The second-order valence-corrected chi connectivity index (χ2v) is 9.23. The van der Waals surface area contributed by atoms with Crippen LogP contribution in [0.5, 0.6) is 0 Å². The van der Waals surface area contributed by atoms with E-state index in [4.69, 9.17) is 27.9 Å². The summed E-state index contributed by atoms with van der Waals surface area (Å²) in [6.45, 7) is 4.55. The predicted molar refractivity (Wildman–Crippen MR) is 131 cm³/mol. The van der Waals surface area contributed by atoms with Crippen LogP contribution >= 0.6 is 23.2 Å². The van der Waals surface area contributed by atoms with E-state index < -0.39 is 0 Å². The van der Waals surface area contributed by atoms with Gasteiger partial charge in [-0.05, 0) is 63.5 Å². The third-order valence-corrected chi connectivity index (χ3v) is 7.07. The van der Waals surface area contributed by atoms with E-state index in [1.807, 2.05) is 43.3 Å². The van der Waals surface area contributed by atoms with Gasteiger partial charge in [0.1, 0.15) is 0 Å². The number of urea groups is 1. The number of carbonyl (C=O) groups is 1. The molecule has 0 saturated carbocycles. The molecule has 174 valence electrons. The number of nitrogens with zero attached hydrogens (tertiary/aromatic N) is 3. The molecule has 0 aliphatic carbocycles. The van der Waals surface area contributed by atoms with Crippen LogP contribution in [-0.4, -0.2) is 67.8 Å². The van der Waals surface area contributed by atoms with Crippen LogP contribution in [0.25, 0.3) is 11.1 Å². The van der Waals surface area contributed by atoms with Crippen LogP contribution in [0.3, 0.4) is 0 Å². The third-order valence-electron chi connectivity index (χ3n) is 6.18. The van der Waals surface area contributed by atoms with Crippen LogP contribution in [-0.2, 0) is 11.2 Å². The lowest BCUT2D eigenvalue weighted by molar-refractivity contribution is 0.146. The van der Waals surface area contributed by atoms with Gasteiger partial charge >= 0.3 is 6.03 Å². The van der Waals surface area contributed by atoms with E-state index in [1.165, 1.54) is 0 Å². The molecular formula is C24H32Cl2N4O2. The van der Waals surface area contributed by atoms with Crippen molar-refractivity contribution in [3.8, 4) is 11.1 Å². The lowest BCUT2D eigenvalue weighted by atomic mass is 10.0. The van der Waals surface area contributed by atoms with Crippen LogP contribution in [0.4, 0.5) is 4.79 Å². The number of amides is 2. The van der Waals surface area contributed by atoms with Crippen LogP contribution in [0.1, 0.15) is 36.9 Å². The highest BCUT2D eigenvalue weighted by molar-refractivity contribution is 6.44. The van der Waals surface area contributed by atoms with Crippen molar-refractivity contribution in [1.82, 2.24) is 20.1 Å². The molecule has 1 aromatic carbocycles. The minimum atomic E-state index is -0.276. The molecule has 2 amide bonds. The molecule has 1 aliphatic heterocycles. The molecule has 32 heavy (non-hydrogen) atoms. The van der Waals surface area contributed by atoms with E-state index in [9.17, 15) is 4.79 Å². The summed E-state index contributed by atoms with van der Waals surface area (Å²) in [6.07, 6.45) is 6.33. The third kappa shape index (κ3) is 5.93. The lowest BCUT2D eigenvalue weighted by Gasteiger charge is -2.35. The van der Waals surface area contributed by atoms with Crippen molar-refractivity contribution in [3.05, 3.63) is 51.8 Å². The Labute approximate surface area is 200 Å². The molecule has 0 spiro atoms. The molecule has 1 unspecified atom stereocenters. The number of hydrogen-bond acceptors (Lipinski definition) is 4. The number of likely N-dealkylation sites (tertiary alicyclic amines) is 1. The van der Waals surface area contributed by atoms with Gasteiger partial charge in [0.05, 0.1) is 22.7 Å². The number of methoxy groups -OCH3 is 1. The summed E-state index contributed by atoms with van der Waals surface area (Å²) in [4.78, 5) is 21.2. The van der Waals surface area contributed by atoms with Gasteiger partial charge in [0.15, 0.2) is 0 Å². The first-order valence-corrected chi connectivity index (χ1v) is 11.7. The molecule has 1 N–H and O–H groups in total. The zero-order valence-electron chi connectivity index (χ0n) is 19.2. The standard InChI is InChI=1S/C24H32Cl2N4O2/c1-16(28-24(31)30(3)19-7-10-29(2)11-8-19)20-5-6-21(23(26)22(20)25)18-13-17(9-12-32-4)14-27-15-18/h5-6,13-16,19H,7-12H2,1-4H3,(H,28,31). The van der Waals surface area contributed by atoms with Crippen molar-refractivity contribution in [3.63, 3.8) is 0 Å². The highest BCUT2D eigenvalue weighted by Crippen LogP contribution is 2.38. The van der Waals surface area contributed by atoms with E-state index in [2.05, 4.69) is 22.2 Å². The maximum Gasteiger partial charge on any atom is 0.317 e. The molecular weight excluding hydrogens is 447 g/mol. The number of pyridine rings is 1. The van der Waals surface area contributed by atoms with Gasteiger partial charge < -0.3 is 19.9 Å². The van der Waals surface area contributed by atoms with E-state index in [1.54, 1.807) is 13.3 Å². The Balaban J connectivity index is 1.72. The Bertz CT molecular complexity index is 932. The van der Waals surface area contributed by atoms with Gasteiger partial charge in [0, 0.05) is 43.7 Å². The summed E-state index contributed by atoms with van der Waals surface area (Å²) in [5.41, 5.74) is 3.57. The van der Waals surface area contributed by atoms with Gasteiger partial charge in [-0.1, -0.05) is 35.3 Å². The molecule has 2 heterocycles. The van der Waals surface area contributed by atoms with Crippen molar-refractivity contribution in [2.45, 2.75) is 38.3 Å². The fourth-order valence-corrected chi connectivity index (χ4v) is 4.64. The summed E-state index contributed by atoms with van der Waals surface area (Å²) >= 11 is 13.3. The predicted octanol–water partition coefficient (Wildman–Crippen LogP) is 5.04. The number of nitrogens with one attached hydrogen (secondary N) is 1. The Kier molecular flexibility index (Phi) is 8.77. The van der Waals surface area contributed by atoms with Crippen LogP contribution in [0.15, 0.2) is 30.6 Å². The second kappa shape index (κ2) is 11.3. The van der Waals surface area contributed by atoms with Gasteiger partial charge in [0.25, 0.3) is 0 Å². The first-order valence-electron chi connectivity index (χ1n) is 10.9. The molecule has 6 nitrogen and oxygen atoms in total. The van der Waals surface area contributed by atoms with Crippen LogP contribution in [0.2, 0.25) is 10.0 Å². The van der Waals surface area contributed by atoms with E-state index in [-0.39, 0.29) is 18.1 Å². The Hall–Kier alpha value is -1.86. The molecule has 2 aromatic rings. The van der Waals surface area contributed by atoms with Crippen LogP contribution < -0.4 is 5.32 Å². The molecule has 3 rings (SSSR count). The smallest absolute Gasteiger partial charge is 0.317 e.